The van der Waals surface area contributed by atoms with Gasteiger partial charge in [0.15, 0.2) is 0 Å². The molecule has 0 bridgehead atoms. The number of nitrogens with zero attached hydrogens (tertiary/aromatic N) is 2. The van der Waals surface area contributed by atoms with E-state index in [1.165, 1.54) is 12.1 Å². The number of halogens is 2. The molecule has 1 N–H and O–H groups in total. The van der Waals surface area contributed by atoms with Gasteiger partial charge in [0.2, 0.25) is 5.91 Å². The molecule has 7 nitrogen and oxygen atoms in total. The number of carbonyl (C=O) groups is 3. The highest BCUT2D eigenvalue weighted by atomic mass is 35.5. The molecular weight excluding hydrogens is 417 g/mol. The van der Waals surface area contributed by atoms with E-state index in [0.29, 0.717) is 5.02 Å². The molecule has 1 unspecified atom stereocenters. The molecule has 4 rings (SSSR count). The number of hydrogen-bond acceptors (Lipinski definition) is 6. The van der Waals surface area contributed by atoms with Crippen molar-refractivity contribution >= 4 is 52.4 Å². The van der Waals surface area contributed by atoms with Gasteiger partial charge in [-0.3, -0.25) is 15.0 Å². The molecule has 1 saturated heterocycles. The third-order valence-electron chi connectivity index (χ3n) is 4.79. The van der Waals surface area contributed by atoms with E-state index in [1.54, 1.807) is 6.07 Å². The minimum Gasteiger partial charge on any atom is -0.456 e. The van der Waals surface area contributed by atoms with Gasteiger partial charge in [0.05, 0.1) is 17.1 Å². The lowest BCUT2D eigenvalue weighted by molar-refractivity contribution is -0.136. The summed E-state index contributed by atoms with van der Waals surface area (Å²) >= 11 is 12.1. The number of rotatable bonds is 4. The van der Waals surface area contributed by atoms with Crippen LogP contribution in [0.3, 0.4) is 0 Å². The molecule has 2 aliphatic heterocycles. The van der Waals surface area contributed by atoms with E-state index in [1.807, 2.05) is 30.3 Å². The molecule has 1 atom stereocenters. The van der Waals surface area contributed by atoms with Crippen LogP contribution in [0.15, 0.2) is 53.6 Å². The van der Waals surface area contributed by atoms with Crippen molar-refractivity contribution in [1.82, 2.24) is 5.43 Å². The SMILES string of the molecule is O=C(OCc1ccccc1)C1=NNC2(CC(=O)N(c3ccc(Cl)cc3Cl)C2=O)C1. The minimum atomic E-state index is -1.32. The molecule has 148 valence electrons. The van der Waals surface area contributed by atoms with Crippen LogP contribution in [0.25, 0.3) is 0 Å². The largest absolute Gasteiger partial charge is 0.456 e. The molecule has 0 radical (unpaired) electrons. The van der Waals surface area contributed by atoms with Gasteiger partial charge in [-0.2, -0.15) is 5.10 Å². The Balaban J connectivity index is 1.47. The van der Waals surface area contributed by atoms with Crippen molar-refractivity contribution in [3.8, 4) is 0 Å². The van der Waals surface area contributed by atoms with E-state index < -0.39 is 23.3 Å². The Hall–Kier alpha value is -2.90. The first-order valence-corrected chi connectivity index (χ1v) is 9.52. The van der Waals surface area contributed by atoms with Crippen LogP contribution in [0.4, 0.5) is 5.69 Å². The van der Waals surface area contributed by atoms with Crippen molar-refractivity contribution in [3.63, 3.8) is 0 Å². The topological polar surface area (TPSA) is 88.1 Å². The number of imide groups is 1. The lowest BCUT2D eigenvalue weighted by Gasteiger charge is -2.21. The van der Waals surface area contributed by atoms with E-state index in [0.717, 1.165) is 10.5 Å². The van der Waals surface area contributed by atoms with Gasteiger partial charge >= 0.3 is 5.97 Å². The maximum absolute atomic E-state index is 13.1. The Morgan fingerprint density at radius 3 is 2.62 bits per heavy atom. The Bertz CT molecular complexity index is 1040. The van der Waals surface area contributed by atoms with Crippen molar-refractivity contribution in [2.24, 2.45) is 5.10 Å². The molecule has 2 amide bonds. The summed E-state index contributed by atoms with van der Waals surface area (Å²) in [7, 11) is 0. The second-order valence-corrected chi connectivity index (χ2v) is 7.64. The molecule has 1 spiro atoms. The van der Waals surface area contributed by atoms with Crippen LogP contribution >= 0.6 is 23.2 Å². The number of hydrogen-bond donors (Lipinski definition) is 1. The summed E-state index contributed by atoms with van der Waals surface area (Å²) in [6.07, 6.45) is -0.198. The van der Waals surface area contributed by atoms with E-state index in [2.05, 4.69) is 10.5 Å². The summed E-state index contributed by atoms with van der Waals surface area (Å²) in [5.74, 6) is -1.61. The Morgan fingerprint density at radius 2 is 1.90 bits per heavy atom. The first kappa shape index (κ1) is 19.4. The van der Waals surface area contributed by atoms with Crippen molar-refractivity contribution in [3.05, 3.63) is 64.1 Å². The number of hydrazone groups is 1. The molecule has 0 aliphatic carbocycles. The van der Waals surface area contributed by atoms with Crippen molar-refractivity contribution in [1.29, 1.82) is 0 Å². The zero-order chi connectivity index (χ0) is 20.6. The number of benzene rings is 2. The van der Waals surface area contributed by atoms with Gasteiger partial charge in [-0.05, 0) is 23.8 Å². The maximum Gasteiger partial charge on any atom is 0.354 e. The molecule has 29 heavy (non-hydrogen) atoms. The highest BCUT2D eigenvalue weighted by molar-refractivity contribution is 6.41. The maximum atomic E-state index is 13.1. The van der Waals surface area contributed by atoms with Gasteiger partial charge in [-0.1, -0.05) is 53.5 Å². The van der Waals surface area contributed by atoms with Gasteiger partial charge in [-0.15, -0.1) is 0 Å². The molecule has 2 aromatic rings. The number of amides is 2. The standard InChI is InChI=1S/C20H15Cl2N3O4/c21-13-6-7-16(14(22)8-13)25-17(26)10-20(19(25)28)9-15(23-24-20)18(27)29-11-12-4-2-1-3-5-12/h1-8,24H,9-11H2. The monoisotopic (exact) mass is 431 g/mol. The number of ether oxygens (including phenoxy) is 1. The Kier molecular flexibility index (Phi) is 5.02. The van der Waals surface area contributed by atoms with Crippen molar-refractivity contribution in [2.45, 2.75) is 25.0 Å². The first-order chi connectivity index (χ1) is 13.9. The van der Waals surface area contributed by atoms with Gasteiger partial charge in [0.1, 0.15) is 17.9 Å². The van der Waals surface area contributed by atoms with E-state index in [4.69, 9.17) is 27.9 Å². The second kappa shape index (κ2) is 7.50. The first-order valence-electron chi connectivity index (χ1n) is 8.77. The molecule has 0 aromatic heterocycles. The summed E-state index contributed by atoms with van der Waals surface area (Å²) in [4.78, 5) is 39.0. The van der Waals surface area contributed by atoms with Gasteiger partial charge in [-0.25, -0.2) is 9.69 Å². The smallest absolute Gasteiger partial charge is 0.354 e. The zero-order valence-electron chi connectivity index (χ0n) is 15.0. The fraction of sp³-hybridized carbons (Fsp3) is 0.200. The van der Waals surface area contributed by atoms with Crippen LogP contribution in [-0.2, 0) is 25.7 Å². The van der Waals surface area contributed by atoms with Crippen LogP contribution in [0.2, 0.25) is 10.0 Å². The van der Waals surface area contributed by atoms with Crippen LogP contribution < -0.4 is 10.3 Å². The summed E-state index contributed by atoms with van der Waals surface area (Å²) in [6, 6.07) is 13.7. The van der Waals surface area contributed by atoms with Crippen LogP contribution in [0.1, 0.15) is 18.4 Å². The third kappa shape index (κ3) is 3.59. The molecule has 2 aromatic carbocycles. The lowest BCUT2D eigenvalue weighted by Crippen LogP contribution is -2.47. The van der Waals surface area contributed by atoms with E-state index in [9.17, 15) is 14.4 Å². The van der Waals surface area contributed by atoms with E-state index >= 15 is 0 Å². The molecule has 9 heteroatoms. The fourth-order valence-electron chi connectivity index (χ4n) is 3.34. The van der Waals surface area contributed by atoms with Crippen molar-refractivity contribution < 1.29 is 19.1 Å². The average molecular weight is 432 g/mol. The third-order valence-corrected chi connectivity index (χ3v) is 5.33. The van der Waals surface area contributed by atoms with Gasteiger partial charge < -0.3 is 4.74 Å². The highest BCUT2D eigenvalue weighted by Gasteiger charge is 2.56. The summed E-state index contributed by atoms with van der Waals surface area (Å²) < 4.78 is 5.27. The van der Waals surface area contributed by atoms with Crippen LogP contribution in [0.5, 0.6) is 0 Å². The van der Waals surface area contributed by atoms with Gasteiger partial charge in [0, 0.05) is 11.4 Å². The Labute approximate surface area is 176 Å². The fourth-order valence-corrected chi connectivity index (χ4v) is 3.83. The molecular formula is C20H15Cl2N3O4. The summed E-state index contributed by atoms with van der Waals surface area (Å²) in [5.41, 5.74) is 2.49. The number of carbonyl (C=O) groups excluding carboxylic acids is 3. The van der Waals surface area contributed by atoms with Gasteiger partial charge in [0.25, 0.3) is 5.91 Å². The summed E-state index contributed by atoms with van der Waals surface area (Å²) in [6.45, 7) is 0.0884. The predicted molar refractivity (Wildman–Crippen MR) is 108 cm³/mol. The number of anilines is 1. The lowest BCUT2D eigenvalue weighted by atomic mass is 9.93. The minimum absolute atomic E-state index is 0.0487. The normalized spacial score (nSPS) is 20.8. The Morgan fingerprint density at radius 1 is 1.14 bits per heavy atom. The quantitative estimate of drug-likeness (QED) is 0.593. The van der Waals surface area contributed by atoms with Crippen molar-refractivity contribution in [2.75, 3.05) is 4.90 Å². The van der Waals surface area contributed by atoms with E-state index in [-0.39, 0.29) is 35.9 Å². The molecule has 1 fully saturated rings. The highest BCUT2D eigenvalue weighted by Crippen LogP contribution is 2.38. The average Bonchev–Trinajstić information content (AvgIpc) is 3.23. The second-order valence-electron chi connectivity index (χ2n) is 6.80. The molecule has 0 saturated carbocycles. The van der Waals surface area contributed by atoms with Crippen LogP contribution in [-0.4, -0.2) is 29.0 Å². The predicted octanol–water partition coefficient (Wildman–Crippen LogP) is 3.09. The number of nitrogens with one attached hydrogen (secondary N) is 1. The zero-order valence-corrected chi connectivity index (χ0v) is 16.5. The molecule has 2 heterocycles. The summed E-state index contributed by atoms with van der Waals surface area (Å²) in [5, 5.41) is 4.54. The van der Waals surface area contributed by atoms with Crippen LogP contribution in [0, 0.1) is 0 Å². The molecule has 2 aliphatic rings. The number of esters is 1.